The van der Waals surface area contributed by atoms with Crippen LogP contribution < -0.4 is 15.4 Å². The Morgan fingerprint density at radius 3 is 2.77 bits per heavy atom. The van der Waals surface area contributed by atoms with Crippen LogP contribution in [0.2, 0.25) is 0 Å². The fourth-order valence-corrected chi connectivity index (χ4v) is 4.72. The van der Waals surface area contributed by atoms with E-state index in [0.29, 0.717) is 30.8 Å². The number of nitrogens with zero attached hydrogens (tertiary/aromatic N) is 1. The molecule has 1 aliphatic carbocycles. The Labute approximate surface area is 130 Å². The van der Waals surface area contributed by atoms with Crippen molar-refractivity contribution >= 4 is 27.3 Å². The molecule has 1 aliphatic heterocycles. The molecule has 120 valence electrons. The summed E-state index contributed by atoms with van der Waals surface area (Å²) < 4.78 is 25.3. The maximum Gasteiger partial charge on any atom is 0.235 e. The number of benzene rings is 1. The molecule has 3 N–H and O–H groups in total. The van der Waals surface area contributed by atoms with Gasteiger partial charge in [0, 0.05) is 24.2 Å². The predicted octanol–water partition coefficient (Wildman–Crippen LogP) is 1.29. The molecule has 3 rings (SSSR count). The Morgan fingerprint density at radius 1 is 1.32 bits per heavy atom. The Bertz CT molecular complexity index is 674. The van der Waals surface area contributed by atoms with Crippen LogP contribution >= 0.6 is 0 Å². The molecule has 6 nitrogen and oxygen atoms in total. The van der Waals surface area contributed by atoms with Gasteiger partial charge in [-0.25, -0.2) is 8.42 Å². The summed E-state index contributed by atoms with van der Waals surface area (Å²) in [5, 5.41) is 2.88. The van der Waals surface area contributed by atoms with Crippen LogP contribution in [0.5, 0.6) is 0 Å². The summed E-state index contributed by atoms with van der Waals surface area (Å²) in [7, 11) is -3.20. The molecule has 0 radical (unpaired) electrons. The molecule has 1 amide bonds. The molecule has 2 unspecified atom stereocenters. The lowest BCUT2D eigenvalue weighted by molar-refractivity contribution is -0.119. The summed E-state index contributed by atoms with van der Waals surface area (Å²) in [6.45, 7) is 0.497. The van der Waals surface area contributed by atoms with Gasteiger partial charge < -0.3 is 11.1 Å². The van der Waals surface area contributed by atoms with Gasteiger partial charge in [-0.15, -0.1) is 0 Å². The third-order valence-electron chi connectivity index (χ3n) is 4.34. The number of hydrogen-bond donors (Lipinski definition) is 2. The number of nitrogens with one attached hydrogen (secondary N) is 1. The topological polar surface area (TPSA) is 92.5 Å². The number of carbonyl (C=O) groups excluding carboxylic acids is 1. The maximum absolute atomic E-state index is 12.2. The fraction of sp³-hybridized carbons (Fsp3) is 0.533. The van der Waals surface area contributed by atoms with Crippen molar-refractivity contribution in [2.45, 2.75) is 31.7 Å². The third-order valence-corrected chi connectivity index (χ3v) is 6.21. The van der Waals surface area contributed by atoms with Gasteiger partial charge in [-0.2, -0.15) is 0 Å². The molecule has 1 aromatic carbocycles. The normalized spacial score (nSPS) is 27.0. The van der Waals surface area contributed by atoms with Crippen molar-refractivity contribution in [3.05, 3.63) is 24.3 Å². The summed E-state index contributed by atoms with van der Waals surface area (Å²) in [5.74, 6) is 0.104. The van der Waals surface area contributed by atoms with Crippen LogP contribution in [0.3, 0.4) is 0 Å². The largest absolute Gasteiger partial charge is 0.328 e. The van der Waals surface area contributed by atoms with E-state index in [2.05, 4.69) is 5.32 Å². The minimum Gasteiger partial charge on any atom is -0.328 e. The van der Waals surface area contributed by atoms with E-state index in [1.165, 1.54) is 4.31 Å². The van der Waals surface area contributed by atoms with E-state index in [4.69, 9.17) is 5.73 Å². The molecule has 2 fully saturated rings. The Balaban J connectivity index is 1.73. The zero-order valence-corrected chi connectivity index (χ0v) is 13.2. The molecule has 2 aliphatic rings. The quantitative estimate of drug-likeness (QED) is 0.877. The van der Waals surface area contributed by atoms with Gasteiger partial charge in [-0.05, 0) is 43.9 Å². The highest BCUT2D eigenvalue weighted by Gasteiger charge is 2.29. The minimum absolute atomic E-state index is 0.0330. The molecular weight excluding hydrogens is 302 g/mol. The lowest BCUT2D eigenvalue weighted by atomic mass is 10.1. The highest BCUT2D eigenvalue weighted by atomic mass is 32.2. The maximum atomic E-state index is 12.2. The van der Waals surface area contributed by atoms with Gasteiger partial charge >= 0.3 is 0 Å². The van der Waals surface area contributed by atoms with Crippen molar-refractivity contribution in [2.75, 3.05) is 21.9 Å². The number of hydrogen-bond acceptors (Lipinski definition) is 4. The molecule has 0 aromatic heterocycles. The third kappa shape index (κ3) is 3.10. The summed E-state index contributed by atoms with van der Waals surface area (Å²) >= 11 is 0. The van der Waals surface area contributed by atoms with Gasteiger partial charge in [0.25, 0.3) is 0 Å². The molecule has 0 spiro atoms. The van der Waals surface area contributed by atoms with Gasteiger partial charge in [0.05, 0.1) is 11.4 Å². The first-order valence-corrected chi connectivity index (χ1v) is 9.23. The van der Waals surface area contributed by atoms with Crippen LogP contribution in [0.4, 0.5) is 11.4 Å². The van der Waals surface area contributed by atoms with E-state index in [9.17, 15) is 13.2 Å². The number of sulfonamides is 1. The van der Waals surface area contributed by atoms with Crippen LogP contribution in [0.25, 0.3) is 0 Å². The van der Waals surface area contributed by atoms with Crippen molar-refractivity contribution in [2.24, 2.45) is 11.7 Å². The average molecular weight is 323 g/mol. The van der Waals surface area contributed by atoms with Crippen LogP contribution in [0.15, 0.2) is 24.3 Å². The van der Waals surface area contributed by atoms with Crippen molar-refractivity contribution < 1.29 is 13.2 Å². The molecule has 1 heterocycles. The number of amides is 1. The Hall–Kier alpha value is -1.60. The van der Waals surface area contributed by atoms with Crippen molar-refractivity contribution in [1.82, 2.24) is 0 Å². The molecule has 0 bridgehead atoms. The fourth-order valence-electron chi connectivity index (χ4n) is 3.17. The molecular formula is C15H21N3O3S. The molecule has 1 aromatic rings. The van der Waals surface area contributed by atoms with Crippen molar-refractivity contribution in [1.29, 1.82) is 0 Å². The number of anilines is 2. The lowest BCUT2D eigenvalue weighted by Gasteiger charge is -2.18. The van der Waals surface area contributed by atoms with Gasteiger partial charge in [-0.3, -0.25) is 9.10 Å². The van der Waals surface area contributed by atoms with Crippen LogP contribution in [0.1, 0.15) is 25.7 Å². The van der Waals surface area contributed by atoms with E-state index in [1.54, 1.807) is 24.3 Å². The lowest BCUT2D eigenvalue weighted by Crippen LogP contribution is -2.26. The van der Waals surface area contributed by atoms with E-state index in [0.717, 1.165) is 12.8 Å². The van der Waals surface area contributed by atoms with Gasteiger partial charge in [-0.1, -0.05) is 6.07 Å². The smallest absolute Gasteiger partial charge is 0.235 e. The molecule has 7 heteroatoms. The zero-order chi connectivity index (χ0) is 15.7. The minimum atomic E-state index is -3.20. The second-order valence-electron chi connectivity index (χ2n) is 6.05. The van der Waals surface area contributed by atoms with E-state index >= 15 is 0 Å². The number of carbonyl (C=O) groups is 1. The molecule has 1 saturated heterocycles. The van der Waals surface area contributed by atoms with Crippen LogP contribution in [-0.4, -0.2) is 32.7 Å². The van der Waals surface area contributed by atoms with E-state index < -0.39 is 10.0 Å². The first-order chi connectivity index (χ1) is 10.5. The molecule has 22 heavy (non-hydrogen) atoms. The monoisotopic (exact) mass is 323 g/mol. The van der Waals surface area contributed by atoms with Gasteiger partial charge in [0.15, 0.2) is 0 Å². The summed E-state index contributed by atoms with van der Waals surface area (Å²) in [4.78, 5) is 12.2. The van der Waals surface area contributed by atoms with Crippen molar-refractivity contribution in [3.8, 4) is 0 Å². The highest BCUT2D eigenvalue weighted by molar-refractivity contribution is 7.93. The summed E-state index contributed by atoms with van der Waals surface area (Å²) in [6, 6.07) is 7.12. The van der Waals surface area contributed by atoms with Crippen LogP contribution in [-0.2, 0) is 14.8 Å². The second-order valence-corrected chi connectivity index (χ2v) is 8.06. The van der Waals surface area contributed by atoms with Gasteiger partial charge in [0.2, 0.25) is 15.9 Å². The predicted molar refractivity (Wildman–Crippen MR) is 86.1 cm³/mol. The van der Waals surface area contributed by atoms with Crippen LogP contribution in [0, 0.1) is 5.92 Å². The van der Waals surface area contributed by atoms with E-state index in [1.807, 2.05) is 0 Å². The SMILES string of the molecule is NC1CCC(C(=O)Nc2cccc(N3CCCS3(=O)=O)c2)C1. The highest BCUT2D eigenvalue weighted by Crippen LogP contribution is 2.28. The second kappa shape index (κ2) is 5.89. The number of rotatable bonds is 3. The standard InChI is InChI=1S/C15H21N3O3S/c16-12-6-5-11(9-12)15(19)17-13-3-1-4-14(10-13)18-7-2-8-22(18,20)21/h1,3-4,10-12H,2,5-9,16H2,(H,17,19). The van der Waals surface area contributed by atoms with Gasteiger partial charge in [0.1, 0.15) is 0 Å². The Morgan fingerprint density at radius 2 is 2.14 bits per heavy atom. The molecule has 2 atom stereocenters. The first-order valence-electron chi connectivity index (χ1n) is 7.62. The van der Waals surface area contributed by atoms with E-state index in [-0.39, 0.29) is 23.6 Å². The summed E-state index contributed by atoms with van der Waals surface area (Å²) in [5.41, 5.74) is 7.08. The average Bonchev–Trinajstić information content (AvgIpc) is 3.04. The van der Waals surface area contributed by atoms with Crippen molar-refractivity contribution in [3.63, 3.8) is 0 Å². The first kappa shape index (κ1) is 15.3. The summed E-state index contributed by atoms with van der Waals surface area (Å²) in [6.07, 6.45) is 3.04. The zero-order valence-electron chi connectivity index (χ0n) is 12.4. The molecule has 1 saturated carbocycles. The Kier molecular flexibility index (Phi) is 4.10. The number of nitrogens with two attached hydrogens (primary N) is 1.